The van der Waals surface area contributed by atoms with Crippen LogP contribution in [0.3, 0.4) is 0 Å². The van der Waals surface area contributed by atoms with Crippen molar-refractivity contribution in [3.05, 3.63) is 32.7 Å². The van der Waals surface area contributed by atoms with Crippen LogP contribution in [0, 0.1) is 0 Å². The van der Waals surface area contributed by atoms with Gasteiger partial charge in [-0.15, -0.1) is 0 Å². The summed E-state index contributed by atoms with van der Waals surface area (Å²) in [5.41, 5.74) is 1.18. The molecule has 0 unspecified atom stereocenters. The maximum absolute atomic E-state index is 5.49. The van der Waals surface area contributed by atoms with Crippen LogP contribution in [-0.4, -0.2) is 6.10 Å². The lowest BCUT2D eigenvalue weighted by Gasteiger charge is -2.08. The number of hydrogen-bond acceptors (Lipinski definition) is 1. The molecule has 72 valence electrons. The fraction of sp³-hybridized carbons (Fsp3) is 0.400. The standard InChI is InChI=1S/C10H12Br2O/c1-7(2)13-6-8-3-4-9(11)10(12)5-8/h3-5,7H,6H2,1-2H3. The normalized spacial score (nSPS) is 10.8. The molecule has 0 heterocycles. The van der Waals surface area contributed by atoms with Crippen molar-refractivity contribution < 1.29 is 4.74 Å². The van der Waals surface area contributed by atoms with Crippen molar-refractivity contribution in [1.29, 1.82) is 0 Å². The summed E-state index contributed by atoms with van der Waals surface area (Å²) in [4.78, 5) is 0. The van der Waals surface area contributed by atoms with Crippen LogP contribution in [0.4, 0.5) is 0 Å². The minimum Gasteiger partial charge on any atom is -0.374 e. The average Bonchev–Trinajstić information content (AvgIpc) is 2.07. The van der Waals surface area contributed by atoms with E-state index in [0.29, 0.717) is 6.61 Å². The molecule has 0 aromatic heterocycles. The highest BCUT2D eigenvalue weighted by atomic mass is 79.9. The van der Waals surface area contributed by atoms with Crippen molar-refractivity contribution in [2.75, 3.05) is 0 Å². The molecular weight excluding hydrogens is 296 g/mol. The Hall–Kier alpha value is 0.140. The fourth-order valence-electron chi connectivity index (χ4n) is 0.892. The van der Waals surface area contributed by atoms with Gasteiger partial charge < -0.3 is 4.74 Å². The van der Waals surface area contributed by atoms with Crippen LogP contribution in [0.25, 0.3) is 0 Å². The van der Waals surface area contributed by atoms with E-state index in [-0.39, 0.29) is 6.10 Å². The fourth-order valence-corrected chi connectivity index (χ4v) is 1.57. The predicted molar refractivity (Wildman–Crippen MR) is 61.8 cm³/mol. The van der Waals surface area contributed by atoms with Crippen molar-refractivity contribution in [3.63, 3.8) is 0 Å². The zero-order chi connectivity index (χ0) is 9.84. The topological polar surface area (TPSA) is 9.23 Å². The van der Waals surface area contributed by atoms with E-state index in [1.54, 1.807) is 0 Å². The molecule has 0 saturated carbocycles. The highest BCUT2D eigenvalue weighted by Crippen LogP contribution is 2.24. The molecule has 0 fully saturated rings. The highest BCUT2D eigenvalue weighted by Gasteiger charge is 1.99. The third-order valence-electron chi connectivity index (χ3n) is 1.57. The molecule has 0 bridgehead atoms. The molecular formula is C10H12Br2O. The lowest BCUT2D eigenvalue weighted by atomic mass is 10.2. The first-order chi connectivity index (χ1) is 6.09. The Kier molecular flexibility index (Phi) is 4.42. The van der Waals surface area contributed by atoms with E-state index in [9.17, 15) is 0 Å². The molecule has 1 aromatic rings. The van der Waals surface area contributed by atoms with Crippen LogP contribution in [0.1, 0.15) is 19.4 Å². The van der Waals surface area contributed by atoms with Crippen molar-refractivity contribution in [3.8, 4) is 0 Å². The minimum absolute atomic E-state index is 0.280. The summed E-state index contributed by atoms with van der Waals surface area (Å²) in [5, 5.41) is 0. The molecule has 0 amide bonds. The van der Waals surface area contributed by atoms with E-state index in [2.05, 4.69) is 44.0 Å². The Balaban J connectivity index is 2.63. The van der Waals surface area contributed by atoms with Gasteiger partial charge in [-0.1, -0.05) is 6.07 Å². The van der Waals surface area contributed by atoms with Crippen LogP contribution < -0.4 is 0 Å². The second-order valence-electron chi connectivity index (χ2n) is 3.11. The van der Waals surface area contributed by atoms with Gasteiger partial charge >= 0.3 is 0 Å². The maximum atomic E-state index is 5.49. The van der Waals surface area contributed by atoms with Gasteiger partial charge in [-0.3, -0.25) is 0 Å². The van der Waals surface area contributed by atoms with E-state index < -0.39 is 0 Å². The Labute approximate surface area is 95.7 Å². The van der Waals surface area contributed by atoms with Gasteiger partial charge in [-0.05, 0) is 63.4 Å². The number of ether oxygens (including phenoxy) is 1. The van der Waals surface area contributed by atoms with Gasteiger partial charge in [0.2, 0.25) is 0 Å². The largest absolute Gasteiger partial charge is 0.374 e. The first-order valence-corrected chi connectivity index (χ1v) is 5.73. The Bertz CT molecular complexity index is 284. The third kappa shape index (κ3) is 3.79. The molecule has 0 radical (unpaired) electrons. The number of benzene rings is 1. The lowest BCUT2D eigenvalue weighted by molar-refractivity contribution is 0.0657. The van der Waals surface area contributed by atoms with E-state index >= 15 is 0 Å². The first kappa shape index (κ1) is 11.2. The summed E-state index contributed by atoms with van der Waals surface area (Å²) >= 11 is 6.87. The van der Waals surface area contributed by atoms with Crippen LogP contribution >= 0.6 is 31.9 Å². The van der Waals surface area contributed by atoms with Crippen LogP contribution in [0.15, 0.2) is 27.1 Å². The van der Waals surface area contributed by atoms with E-state index in [1.165, 1.54) is 5.56 Å². The van der Waals surface area contributed by atoms with Crippen LogP contribution in [-0.2, 0) is 11.3 Å². The average molecular weight is 308 g/mol. The molecule has 0 atom stereocenters. The molecule has 0 aliphatic rings. The van der Waals surface area contributed by atoms with Crippen molar-refractivity contribution in [1.82, 2.24) is 0 Å². The molecule has 0 saturated heterocycles. The lowest BCUT2D eigenvalue weighted by Crippen LogP contribution is -2.02. The van der Waals surface area contributed by atoms with E-state index in [4.69, 9.17) is 4.74 Å². The van der Waals surface area contributed by atoms with Crippen LogP contribution in [0.5, 0.6) is 0 Å². The molecule has 0 N–H and O–H groups in total. The van der Waals surface area contributed by atoms with Gasteiger partial charge in [0, 0.05) is 8.95 Å². The Morgan fingerprint density at radius 1 is 1.23 bits per heavy atom. The summed E-state index contributed by atoms with van der Waals surface area (Å²) in [7, 11) is 0. The molecule has 1 nitrogen and oxygen atoms in total. The molecule has 0 spiro atoms. The zero-order valence-corrected chi connectivity index (χ0v) is 10.9. The van der Waals surface area contributed by atoms with E-state index in [1.807, 2.05) is 19.9 Å². The summed E-state index contributed by atoms with van der Waals surface area (Å²) in [6.45, 7) is 4.74. The molecule has 0 aliphatic carbocycles. The molecule has 1 aromatic carbocycles. The second kappa shape index (κ2) is 5.13. The Morgan fingerprint density at radius 3 is 2.46 bits per heavy atom. The van der Waals surface area contributed by atoms with Gasteiger partial charge in [0.25, 0.3) is 0 Å². The molecule has 13 heavy (non-hydrogen) atoms. The van der Waals surface area contributed by atoms with Crippen LogP contribution in [0.2, 0.25) is 0 Å². The van der Waals surface area contributed by atoms with Gasteiger partial charge in [0.15, 0.2) is 0 Å². The third-order valence-corrected chi connectivity index (χ3v) is 3.45. The highest BCUT2D eigenvalue weighted by molar-refractivity contribution is 9.13. The van der Waals surface area contributed by atoms with Gasteiger partial charge in [0.1, 0.15) is 0 Å². The monoisotopic (exact) mass is 306 g/mol. The zero-order valence-electron chi connectivity index (χ0n) is 7.68. The maximum Gasteiger partial charge on any atom is 0.0720 e. The predicted octanol–water partition coefficient (Wildman–Crippen LogP) is 4.14. The summed E-state index contributed by atoms with van der Waals surface area (Å²) < 4.78 is 7.62. The van der Waals surface area contributed by atoms with Gasteiger partial charge in [0.05, 0.1) is 12.7 Å². The van der Waals surface area contributed by atoms with Crippen molar-refractivity contribution in [2.24, 2.45) is 0 Å². The second-order valence-corrected chi connectivity index (χ2v) is 4.82. The summed E-state index contributed by atoms with van der Waals surface area (Å²) in [5.74, 6) is 0. The quantitative estimate of drug-likeness (QED) is 0.815. The smallest absolute Gasteiger partial charge is 0.0720 e. The molecule has 3 heteroatoms. The SMILES string of the molecule is CC(C)OCc1ccc(Br)c(Br)c1. The first-order valence-electron chi connectivity index (χ1n) is 4.15. The van der Waals surface area contributed by atoms with Crippen molar-refractivity contribution in [2.45, 2.75) is 26.6 Å². The summed E-state index contributed by atoms with van der Waals surface area (Å²) in [6.07, 6.45) is 0.280. The minimum atomic E-state index is 0.280. The number of halogens is 2. The molecule has 0 aliphatic heterocycles. The van der Waals surface area contributed by atoms with Crippen molar-refractivity contribution >= 4 is 31.9 Å². The van der Waals surface area contributed by atoms with Gasteiger partial charge in [-0.25, -0.2) is 0 Å². The molecule has 1 rings (SSSR count). The Morgan fingerprint density at radius 2 is 1.92 bits per heavy atom. The summed E-state index contributed by atoms with van der Waals surface area (Å²) in [6, 6.07) is 6.13. The van der Waals surface area contributed by atoms with Gasteiger partial charge in [-0.2, -0.15) is 0 Å². The van der Waals surface area contributed by atoms with E-state index in [0.717, 1.165) is 8.95 Å². The number of hydrogen-bond donors (Lipinski definition) is 0. The number of rotatable bonds is 3.